The lowest BCUT2D eigenvalue weighted by atomic mass is 10.1. The summed E-state index contributed by atoms with van der Waals surface area (Å²) in [6.45, 7) is 7.87. The van der Waals surface area contributed by atoms with Crippen LogP contribution in [0, 0.1) is 12.7 Å². The van der Waals surface area contributed by atoms with Crippen molar-refractivity contribution in [3.8, 4) is 11.7 Å². The second kappa shape index (κ2) is 8.08. The first-order valence-corrected chi connectivity index (χ1v) is 8.85. The van der Waals surface area contributed by atoms with Crippen LogP contribution in [-0.4, -0.2) is 21.2 Å². The van der Waals surface area contributed by atoms with Crippen molar-refractivity contribution >= 4 is 5.57 Å². The van der Waals surface area contributed by atoms with Gasteiger partial charge in [-0.1, -0.05) is 24.8 Å². The quantitative estimate of drug-likeness (QED) is 0.605. The second-order valence-electron chi connectivity index (χ2n) is 6.32. The highest BCUT2D eigenvalue weighted by atomic mass is 19.1. The summed E-state index contributed by atoms with van der Waals surface area (Å²) in [5.74, 6) is 0.531. The summed E-state index contributed by atoms with van der Waals surface area (Å²) in [7, 11) is 1.53. The molecule has 0 bridgehead atoms. The molecule has 0 amide bonds. The highest BCUT2D eigenvalue weighted by Crippen LogP contribution is 2.26. The molecule has 2 heterocycles. The average Bonchev–Trinajstić information content (AvgIpc) is 3.06. The minimum Gasteiger partial charge on any atom is -0.480 e. The standard InChI is InChI=1S/C22H22FN3O2/c1-5-16(6-2)19-9-10-20(24-21(19)28-4)26-12-11-25(22(26)27)14-17-13-18(23)8-7-15(17)3/h5-13H,1,14H2,2-4H3/b16-6+. The van der Waals surface area contributed by atoms with Gasteiger partial charge in [0.1, 0.15) is 11.6 Å². The van der Waals surface area contributed by atoms with Crippen molar-refractivity contribution in [2.75, 3.05) is 7.11 Å². The molecule has 0 radical (unpaired) electrons. The molecule has 0 saturated carbocycles. The summed E-state index contributed by atoms with van der Waals surface area (Å²) in [4.78, 5) is 17.3. The number of hydrogen-bond acceptors (Lipinski definition) is 3. The Labute approximate surface area is 163 Å². The van der Waals surface area contributed by atoms with E-state index in [1.807, 2.05) is 26.0 Å². The van der Waals surface area contributed by atoms with Crippen LogP contribution in [-0.2, 0) is 6.54 Å². The minimum absolute atomic E-state index is 0.263. The van der Waals surface area contributed by atoms with Gasteiger partial charge >= 0.3 is 5.69 Å². The van der Waals surface area contributed by atoms with Crippen molar-refractivity contribution < 1.29 is 9.13 Å². The Hall–Kier alpha value is -3.41. The fraction of sp³-hybridized carbons (Fsp3) is 0.182. The molecule has 144 valence electrons. The lowest BCUT2D eigenvalue weighted by molar-refractivity contribution is 0.396. The zero-order valence-corrected chi connectivity index (χ0v) is 16.1. The van der Waals surface area contributed by atoms with Gasteiger partial charge in [-0.2, -0.15) is 4.98 Å². The Morgan fingerprint density at radius 1 is 1.29 bits per heavy atom. The van der Waals surface area contributed by atoms with Crippen LogP contribution in [0.25, 0.3) is 11.4 Å². The van der Waals surface area contributed by atoms with E-state index in [2.05, 4.69) is 11.6 Å². The molecule has 1 aromatic carbocycles. The number of rotatable bonds is 6. The predicted molar refractivity (Wildman–Crippen MR) is 108 cm³/mol. The van der Waals surface area contributed by atoms with Crippen LogP contribution in [0.1, 0.15) is 23.6 Å². The Bertz CT molecular complexity index is 1110. The summed E-state index contributed by atoms with van der Waals surface area (Å²) in [6, 6.07) is 8.16. The molecule has 6 heteroatoms. The third kappa shape index (κ3) is 3.67. The van der Waals surface area contributed by atoms with Crippen molar-refractivity contribution in [1.29, 1.82) is 0 Å². The van der Waals surface area contributed by atoms with Crippen LogP contribution in [0.3, 0.4) is 0 Å². The molecule has 28 heavy (non-hydrogen) atoms. The van der Waals surface area contributed by atoms with Gasteiger partial charge in [-0.25, -0.2) is 9.18 Å². The topological polar surface area (TPSA) is 49.0 Å². The molecule has 0 spiro atoms. The van der Waals surface area contributed by atoms with Gasteiger partial charge in [0.15, 0.2) is 0 Å². The summed E-state index contributed by atoms with van der Waals surface area (Å²) in [5, 5.41) is 0. The number of allylic oxidation sites excluding steroid dienone is 3. The normalized spacial score (nSPS) is 11.5. The van der Waals surface area contributed by atoms with Crippen molar-refractivity contribution in [1.82, 2.24) is 14.1 Å². The van der Waals surface area contributed by atoms with E-state index >= 15 is 0 Å². The number of benzene rings is 1. The van der Waals surface area contributed by atoms with Crippen molar-refractivity contribution in [2.24, 2.45) is 0 Å². The van der Waals surface area contributed by atoms with Crippen LogP contribution >= 0.6 is 0 Å². The SMILES string of the molecule is C=C/C(=C\C)c1ccc(-n2ccn(Cc3cc(F)ccc3C)c2=O)nc1OC. The van der Waals surface area contributed by atoms with Gasteiger partial charge in [-0.3, -0.25) is 9.13 Å². The molecule has 0 aliphatic rings. The summed E-state index contributed by atoms with van der Waals surface area (Å²) in [5.41, 5.74) is 3.10. The Morgan fingerprint density at radius 2 is 2.07 bits per heavy atom. The van der Waals surface area contributed by atoms with Crippen molar-refractivity contribution in [3.05, 3.63) is 94.4 Å². The first kappa shape index (κ1) is 19.4. The maximum absolute atomic E-state index is 13.5. The molecule has 2 aromatic heterocycles. The van der Waals surface area contributed by atoms with Crippen LogP contribution in [0.15, 0.2) is 66.3 Å². The van der Waals surface area contributed by atoms with Crippen LogP contribution in [0.2, 0.25) is 0 Å². The van der Waals surface area contributed by atoms with Gasteiger partial charge in [0.05, 0.1) is 13.7 Å². The van der Waals surface area contributed by atoms with E-state index in [0.29, 0.717) is 11.7 Å². The summed E-state index contributed by atoms with van der Waals surface area (Å²) in [6.07, 6.45) is 6.94. The number of methoxy groups -OCH3 is 1. The number of nitrogens with zero attached hydrogens (tertiary/aromatic N) is 3. The summed E-state index contributed by atoms with van der Waals surface area (Å²) < 4.78 is 21.9. The molecule has 0 unspecified atom stereocenters. The average molecular weight is 379 g/mol. The number of aromatic nitrogens is 3. The van der Waals surface area contributed by atoms with E-state index in [0.717, 1.165) is 22.3 Å². The third-order valence-corrected chi connectivity index (χ3v) is 4.63. The monoisotopic (exact) mass is 379 g/mol. The molecule has 0 saturated heterocycles. The van der Waals surface area contributed by atoms with Gasteiger partial charge in [0.25, 0.3) is 0 Å². The van der Waals surface area contributed by atoms with Gasteiger partial charge in [0.2, 0.25) is 5.88 Å². The number of halogens is 1. The van der Waals surface area contributed by atoms with Crippen LogP contribution in [0.5, 0.6) is 5.88 Å². The number of imidazole rings is 1. The van der Waals surface area contributed by atoms with Crippen molar-refractivity contribution in [3.63, 3.8) is 0 Å². The maximum atomic E-state index is 13.5. The molecular formula is C22H22FN3O2. The van der Waals surface area contributed by atoms with E-state index in [4.69, 9.17) is 4.74 Å². The first-order valence-electron chi connectivity index (χ1n) is 8.85. The van der Waals surface area contributed by atoms with E-state index in [1.165, 1.54) is 28.4 Å². The Balaban J connectivity index is 1.99. The number of hydrogen-bond donors (Lipinski definition) is 0. The van der Waals surface area contributed by atoms with Gasteiger partial charge in [-0.05, 0) is 54.8 Å². The minimum atomic E-state index is -0.322. The molecule has 3 rings (SSSR count). The van der Waals surface area contributed by atoms with E-state index in [-0.39, 0.29) is 18.1 Å². The highest BCUT2D eigenvalue weighted by molar-refractivity contribution is 5.76. The molecule has 0 N–H and O–H groups in total. The number of aryl methyl sites for hydroxylation is 1. The van der Waals surface area contributed by atoms with Gasteiger partial charge in [0, 0.05) is 18.0 Å². The fourth-order valence-corrected chi connectivity index (χ4v) is 3.03. The smallest absolute Gasteiger partial charge is 0.334 e. The zero-order chi connectivity index (χ0) is 20.3. The molecule has 5 nitrogen and oxygen atoms in total. The van der Waals surface area contributed by atoms with Gasteiger partial charge < -0.3 is 4.74 Å². The molecular weight excluding hydrogens is 357 g/mol. The molecule has 0 aliphatic heterocycles. The van der Waals surface area contributed by atoms with E-state index < -0.39 is 0 Å². The third-order valence-electron chi connectivity index (χ3n) is 4.63. The Kier molecular flexibility index (Phi) is 5.59. The van der Waals surface area contributed by atoms with Crippen LogP contribution < -0.4 is 10.4 Å². The summed E-state index contributed by atoms with van der Waals surface area (Å²) >= 11 is 0. The van der Waals surface area contributed by atoms with Crippen LogP contribution in [0.4, 0.5) is 4.39 Å². The largest absolute Gasteiger partial charge is 0.480 e. The van der Waals surface area contributed by atoms with Gasteiger partial charge in [-0.15, -0.1) is 0 Å². The lowest BCUT2D eigenvalue weighted by Gasteiger charge is -2.10. The lowest BCUT2D eigenvalue weighted by Crippen LogP contribution is -2.24. The predicted octanol–water partition coefficient (Wildman–Crippen LogP) is 4.13. The van der Waals surface area contributed by atoms with E-state index in [9.17, 15) is 9.18 Å². The zero-order valence-electron chi connectivity index (χ0n) is 16.1. The second-order valence-corrected chi connectivity index (χ2v) is 6.32. The molecule has 3 aromatic rings. The highest BCUT2D eigenvalue weighted by Gasteiger charge is 2.13. The van der Waals surface area contributed by atoms with E-state index in [1.54, 1.807) is 30.6 Å². The number of ether oxygens (including phenoxy) is 1. The first-order chi connectivity index (χ1) is 13.5. The molecule has 0 aliphatic carbocycles. The molecule has 0 atom stereocenters. The maximum Gasteiger partial charge on any atom is 0.334 e. The number of pyridine rings is 1. The fourth-order valence-electron chi connectivity index (χ4n) is 3.03. The van der Waals surface area contributed by atoms with Crippen molar-refractivity contribution in [2.45, 2.75) is 20.4 Å². The Morgan fingerprint density at radius 3 is 2.75 bits per heavy atom. The molecule has 0 fully saturated rings.